The molecule has 0 atom stereocenters. The summed E-state index contributed by atoms with van der Waals surface area (Å²) >= 11 is 0. The van der Waals surface area contributed by atoms with Gasteiger partial charge in [0.15, 0.2) is 0 Å². The number of nitrogens with two attached hydrogens (primary N) is 1. The van der Waals surface area contributed by atoms with Crippen molar-refractivity contribution in [3.63, 3.8) is 0 Å². The SMILES string of the molecule is CC(C)n1cc(N)cc(C2=CCC(F)(F)CC2)c1=O. The number of hydrogen-bond donors (Lipinski definition) is 1. The van der Waals surface area contributed by atoms with E-state index < -0.39 is 5.92 Å². The number of hydrogen-bond acceptors (Lipinski definition) is 2. The monoisotopic (exact) mass is 268 g/mol. The second kappa shape index (κ2) is 4.79. The van der Waals surface area contributed by atoms with Crippen LogP contribution in [0.15, 0.2) is 23.1 Å². The number of alkyl halides is 2. The molecule has 104 valence electrons. The molecule has 0 fully saturated rings. The number of nitrogen functional groups attached to an aromatic ring is 1. The van der Waals surface area contributed by atoms with Crippen molar-refractivity contribution in [1.82, 2.24) is 4.57 Å². The van der Waals surface area contributed by atoms with Crippen LogP contribution in [0.25, 0.3) is 5.57 Å². The van der Waals surface area contributed by atoms with E-state index in [4.69, 9.17) is 5.73 Å². The highest BCUT2D eigenvalue weighted by atomic mass is 19.3. The Hall–Kier alpha value is -1.65. The molecule has 1 aliphatic rings. The molecule has 2 rings (SSSR count). The normalized spacial score (nSPS) is 18.5. The quantitative estimate of drug-likeness (QED) is 0.895. The van der Waals surface area contributed by atoms with Gasteiger partial charge < -0.3 is 10.3 Å². The molecule has 0 spiro atoms. The smallest absolute Gasteiger partial charge is 0.258 e. The van der Waals surface area contributed by atoms with Crippen molar-refractivity contribution < 1.29 is 8.78 Å². The van der Waals surface area contributed by atoms with E-state index in [1.54, 1.807) is 12.3 Å². The molecule has 0 aliphatic heterocycles. The highest BCUT2D eigenvalue weighted by molar-refractivity contribution is 5.68. The Kier molecular flexibility index (Phi) is 3.47. The van der Waals surface area contributed by atoms with E-state index in [0.717, 1.165) is 0 Å². The van der Waals surface area contributed by atoms with Crippen LogP contribution in [0.2, 0.25) is 0 Å². The number of rotatable bonds is 2. The predicted octanol–water partition coefficient (Wildman–Crippen LogP) is 3.21. The standard InChI is InChI=1S/C14H18F2N2O/c1-9(2)18-8-11(17)7-12(13(18)19)10-3-5-14(15,16)6-4-10/h3,7-9H,4-6,17H2,1-2H3. The summed E-state index contributed by atoms with van der Waals surface area (Å²) < 4.78 is 27.8. The lowest BCUT2D eigenvalue weighted by Crippen LogP contribution is -2.26. The van der Waals surface area contributed by atoms with Gasteiger partial charge in [0.2, 0.25) is 0 Å². The van der Waals surface area contributed by atoms with Crippen LogP contribution in [0.3, 0.4) is 0 Å². The number of aromatic nitrogens is 1. The molecule has 1 aliphatic carbocycles. The lowest BCUT2D eigenvalue weighted by atomic mass is 9.92. The second-order valence-corrected chi connectivity index (χ2v) is 5.28. The van der Waals surface area contributed by atoms with E-state index >= 15 is 0 Å². The first kappa shape index (κ1) is 13.8. The van der Waals surface area contributed by atoms with Gasteiger partial charge in [-0.2, -0.15) is 0 Å². The van der Waals surface area contributed by atoms with Crippen LogP contribution in [-0.4, -0.2) is 10.5 Å². The lowest BCUT2D eigenvalue weighted by molar-refractivity contribution is -0.00604. The summed E-state index contributed by atoms with van der Waals surface area (Å²) in [4.78, 5) is 12.3. The van der Waals surface area contributed by atoms with Gasteiger partial charge in [-0.3, -0.25) is 4.79 Å². The maximum atomic E-state index is 13.1. The molecule has 0 aromatic carbocycles. The summed E-state index contributed by atoms with van der Waals surface area (Å²) in [7, 11) is 0. The highest BCUT2D eigenvalue weighted by Gasteiger charge is 2.31. The first-order chi connectivity index (χ1) is 8.80. The van der Waals surface area contributed by atoms with Gasteiger partial charge in [0, 0.05) is 36.3 Å². The minimum atomic E-state index is -2.65. The van der Waals surface area contributed by atoms with Crippen molar-refractivity contribution in [2.75, 3.05) is 5.73 Å². The summed E-state index contributed by atoms with van der Waals surface area (Å²) in [6, 6.07) is 1.57. The average Bonchev–Trinajstić information content (AvgIpc) is 2.32. The second-order valence-electron chi connectivity index (χ2n) is 5.28. The van der Waals surface area contributed by atoms with Crippen molar-refractivity contribution in [1.29, 1.82) is 0 Å². The van der Waals surface area contributed by atoms with Gasteiger partial charge in [0.1, 0.15) is 0 Å². The average molecular weight is 268 g/mol. The Morgan fingerprint density at radius 2 is 2.11 bits per heavy atom. The molecule has 0 bridgehead atoms. The Labute approximate surface area is 110 Å². The summed E-state index contributed by atoms with van der Waals surface area (Å²) in [6.07, 6.45) is 2.75. The number of nitrogens with zero attached hydrogens (tertiary/aromatic N) is 1. The van der Waals surface area contributed by atoms with Crippen LogP contribution >= 0.6 is 0 Å². The first-order valence-corrected chi connectivity index (χ1v) is 6.39. The van der Waals surface area contributed by atoms with Gasteiger partial charge in [-0.05, 0) is 31.9 Å². The van der Waals surface area contributed by atoms with E-state index in [9.17, 15) is 13.6 Å². The third-order valence-corrected chi connectivity index (χ3v) is 3.37. The fourth-order valence-electron chi connectivity index (χ4n) is 2.28. The molecule has 1 aromatic heterocycles. The van der Waals surface area contributed by atoms with Crippen LogP contribution < -0.4 is 11.3 Å². The molecule has 0 saturated carbocycles. The van der Waals surface area contributed by atoms with Crippen molar-refractivity contribution in [2.45, 2.75) is 45.1 Å². The van der Waals surface area contributed by atoms with Gasteiger partial charge in [-0.25, -0.2) is 8.78 Å². The van der Waals surface area contributed by atoms with Crippen molar-refractivity contribution in [2.24, 2.45) is 0 Å². The third kappa shape index (κ3) is 2.85. The molecule has 0 saturated heterocycles. The minimum Gasteiger partial charge on any atom is -0.398 e. The summed E-state index contributed by atoms with van der Waals surface area (Å²) in [6.45, 7) is 3.77. The molecule has 1 heterocycles. The molecule has 1 aromatic rings. The van der Waals surface area contributed by atoms with E-state index in [0.29, 0.717) is 16.8 Å². The summed E-state index contributed by atoms with van der Waals surface area (Å²) in [5.74, 6) is -2.65. The van der Waals surface area contributed by atoms with Gasteiger partial charge in [-0.1, -0.05) is 6.08 Å². The molecule has 2 N–H and O–H groups in total. The van der Waals surface area contributed by atoms with Crippen LogP contribution in [0.5, 0.6) is 0 Å². The molecular weight excluding hydrogens is 250 g/mol. The molecular formula is C14H18F2N2O. The van der Waals surface area contributed by atoms with Crippen molar-refractivity contribution >= 4 is 11.3 Å². The van der Waals surface area contributed by atoms with Gasteiger partial charge in [0.05, 0.1) is 0 Å². The molecule has 0 radical (unpaired) electrons. The molecule has 3 nitrogen and oxygen atoms in total. The highest BCUT2D eigenvalue weighted by Crippen LogP contribution is 2.35. The zero-order chi connectivity index (χ0) is 14.2. The topological polar surface area (TPSA) is 48.0 Å². The summed E-state index contributed by atoms with van der Waals surface area (Å²) in [5.41, 5.74) is 7.23. The lowest BCUT2D eigenvalue weighted by Gasteiger charge is -2.22. The fraction of sp³-hybridized carbons (Fsp3) is 0.500. The van der Waals surface area contributed by atoms with Crippen molar-refractivity contribution in [3.8, 4) is 0 Å². The van der Waals surface area contributed by atoms with E-state index in [1.807, 2.05) is 13.8 Å². The van der Waals surface area contributed by atoms with E-state index in [-0.39, 0.29) is 30.9 Å². The fourth-order valence-corrected chi connectivity index (χ4v) is 2.28. The Balaban J connectivity index is 2.47. The first-order valence-electron chi connectivity index (χ1n) is 6.39. The Bertz CT molecular complexity index is 573. The maximum absolute atomic E-state index is 13.1. The minimum absolute atomic E-state index is 0.0135. The molecule has 0 unspecified atom stereocenters. The van der Waals surface area contributed by atoms with Crippen LogP contribution in [0.1, 0.15) is 44.7 Å². The number of pyridine rings is 1. The Morgan fingerprint density at radius 1 is 1.42 bits per heavy atom. The van der Waals surface area contributed by atoms with E-state index in [1.165, 1.54) is 10.6 Å². The molecule has 19 heavy (non-hydrogen) atoms. The molecule has 0 amide bonds. The van der Waals surface area contributed by atoms with Crippen LogP contribution in [0.4, 0.5) is 14.5 Å². The zero-order valence-electron chi connectivity index (χ0n) is 11.1. The number of halogens is 2. The number of anilines is 1. The van der Waals surface area contributed by atoms with E-state index in [2.05, 4.69) is 0 Å². The third-order valence-electron chi connectivity index (χ3n) is 3.37. The van der Waals surface area contributed by atoms with Crippen LogP contribution in [0, 0.1) is 0 Å². The van der Waals surface area contributed by atoms with Crippen LogP contribution in [-0.2, 0) is 0 Å². The predicted molar refractivity (Wildman–Crippen MR) is 72.3 cm³/mol. The van der Waals surface area contributed by atoms with Gasteiger partial charge in [-0.15, -0.1) is 0 Å². The summed E-state index contributed by atoms with van der Waals surface area (Å²) in [5, 5.41) is 0. The largest absolute Gasteiger partial charge is 0.398 e. The zero-order valence-corrected chi connectivity index (χ0v) is 11.1. The van der Waals surface area contributed by atoms with Gasteiger partial charge in [0.25, 0.3) is 11.5 Å². The maximum Gasteiger partial charge on any atom is 0.258 e. The number of allylic oxidation sites excluding steroid dienone is 2. The van der Waals surface area contributed by atoms with Gasteiger partial charge >= 0.3 is 0 Å². The molecule has 5 heteroatoms. The van der Waals surface area contributed by atoms with Crippen molar-refractivity contribution in [3.05, 3.63) is 34.3 Å². The Morgan fingerprint density at radius 3 is 2.63 bits per heavy atom.